The summed E-state index contributed by atoms with van der Waals surface area (Å²) in [5, 5.41) is 3.26. The Morgan fingerprint density at radius 2 is 1.90 bits per heavy atom. The van der Waals surface area contributed by atoms with E-state index in [4.69, 9.17) is 4.74 Å². The molecule has 0 saturated carbocycles. The topological polar surface area (TPSA) is 47.0 Å². The lowest BCUT2D eigenvalue weighted by atomic mass is 10.1. The van der Waals surface area contributed by atoms with Gasteiger partial charge in [-0.25, -0.2) is 9.97 Å². The number of rotatable bonds is 6. The minimum Gasteiger partial charge on any atom is -0.378 e. The molecule has 0 saturated heterocycles. The summed E-state index contributed by atoms with van der Waals surface area (Å²) < 4.78 is 6.09. The minimum absolute atomic E-state index is 0.461. The molecule has 0 fully saturated rings. The number of nitrogens with zero attached hydrogens (tertiary/aromatic N) is 2. The van der Waals surface area contributed by atoms with Crippen LogP contribution in [0.2, 0.25) is 0 Å². The number of aromatic nitrogens is 2. The zero-order valence-corrected chi connectivity index (χ0v) is 14.2. The number of anilines is 1. The Balaban J connectivity index is 2.31. The summed E-state index contributed by atoms with van der Waals surface area (Å²) in [4.78, 5) is 9.20. The molecule has 0 aliphatic heterocycles. The van der Waals surface area contributed by atoms with Crippen molar-refractivity contribution in [2.24, 2.45) is 0 Å². The third-order valence-electron chi connectivity index (χ3n) is 3.07. The fourth-order valence-corrected chi connectivity index (χ4v) is 2.46. The number of halogens is 1. The van der Waals surface area contributed by atoms with Crippen LogP contribution >= 0.6 is 15.9 Å². The zero-order chi connectivity index (χ0) is 15.2. The first-order chi connectivity index (χ1) is 10.1. The predicted octanol–water partition coefficient (Wildman–Crippen LogP) is 3.72. The van der Waals surface area contributed by atoms with Crippen molar-refractivity contribution < 1.29 is 4.74 Å². The SMILES string of the molecule is CCNc1nc(Cc2ccc(C)cc2)nc(COC)c1Br. The Kier molecular flexibility index (Phi) is 5.70. The monoisotopic (exact) mass is 349 g/mol. The molecule has 1 aromatic carbocycles. The van der Waals surface area contributed by atoms with Crippen LogP contribution in [-0.4, -0.2) is 23.6 Å². The van der Waals surface area contributed by atoms with Crippen molar-refractivity contribution in [3.8, 4) is 0 Å². The Morgan fingerprint density at radius 3 is 2.52 bits per heavy atom. The molecule has 0 aliphatic rings. The summed E-state index contributed by atoms with van der Waals surface area (Å²) in [6.07, 6.45) is 0.711. The van der Waals surface area contributed by atoms with Crippen LogP contribution in [0.1, 0.15) is 29.6 Å². The van der Waals surface area contributed by atoms with Crippen molar-refractivity contribution in [3.05, 3.63) is 51.4 Å². The largest absolute Gasteiger partial charge is 0.378 e. The van der Waals surface area contributed by atoms with Gasteiger partial charge in [-0.2, -0.15) is 0 Å². The Labute approximate surface area is 134 Å². The summed E-state index contributed by atoms with van der Waals surface area (Å²) in [5.74, 6) is 1.62. The molecule has 5 heteroatoms. The van der Waals surface area contributed by atoms with E-state index in [9.17, 15) is 0 Å². The van der Waals surface area contributed by atoms with E-state index in [2.05, 4.69) is 62.4 Å². The maximum absolute atomic E-state index is 5.21. The van der Waals surface area contributed by atoms with Crippen molar-refractivity contribution >= 4 is 21.7 Å². The molecule has 0 atom stereocenters. The Morgan fingerprint density at radius 1 is 1.19 bits per heavy atom. The van der Waals surface area contributed by atoms with Crippen LogP contribution in [0.5, 0.6) is 0 Å². The summed E-state index contributed by atoms with van der Waals surface area (Å²) >= 11 is 3.54. The number of benzene rings is 1. The van der Waals surface area contributed by atoms with E-state index in [0.29, 0.717) is 13.0 Å². The zero-order valence-electron chi connectivity index (χ0n) is 12.6. The molecule has 4 nitrogen and oxygen atoms in total. The highest BCUT2D eigenvalue weighted by Crippen LogP contribution is 2.25. The van der Waals surface area contributed by atoms with E-state index in [-0.39, 0.29) is 0 Å². The summed E-state index contributed by atoms with van der Waals surface area (Å²) in [7, 11) is 1.67. The van der Waals surface area contributed by atoms with Gasteiger partial charge >= 0.3 is 0 Å². The van der Waals surface area contributed by atoms with E-state index in [0.717, 1.165) is 28.4 Å². The van der Waals surface area contributed by atoms with E-state index in [1.165, 1.54) is 11.1 Å². The quantitative estimate of drug-likeness (QED) is 0.863. The molecule has 1 heterocycles. The van der Waals surface area contributed by atoms with Crippen LogP contribution in [0.25, 0.3) is 0 Å². The smallest absolute Gasteiger partial charge is 0.144 e. The van der Waals surface area contributed by atoms with Gasteiger partial charge in [-0.1, -0.05) is 29.8 Å². The highest BCUT2D eigenvalue weighted by molar-refractivity contribution is 9.10. The van der Waals surface area contributed by atoms with Gasteiger partial charge in [-0.3, -0.25) is 0 Å². The molecule has 0 bridgehead atoms. The van der Waals surface area contributed by atoms with Crippen molar-refractivity contribution in [3.63, 3.8) is 0 Å². The maximum Gasteiger partial charge on any atom is 0.144 e. The maximum atomic E-state index is 5.21. The molecule has 0 aliphatic carbocycles. The van der Waals surface area contributed by atoms with Gasteiger partial charge in [0.1, 0.15) is 11.6 Å². The van der Waals surface area contributed by atoms with E-state index in [1.807, 2.05) is 6.92 Å². The van der Waals surface area contributed by atoms with Gasteiger partial charge in [0.15, 0.2) is 0 Å². The highest BCUT2D eigenvalue weighted by atomic mass is 79.9. The van der Waals surface area contributed by atoms with Crippen molar-refractivity contribution in [1.82, 2.24) is 9.97 Å². The van der Waals surface area contributed by atoms with E-state index >= 15 is 0 Å². The molecule has 0 amide bonds. The van der Waals surface area contributed by atoms with Crippen molar-refractivity contribution in [2.75, 3.05) is 19.0 Å². The van der Waals surface area contributed by atoms with Gasteiger partial charge in [-0.05, 0) is 35.3 Å². The lowest BCUT2D eigenvalue weighted by Gasteiger charge is -2.12. The normalized spacial score (nSPS) is 10.7. The minimum atomic E-state index is 0.461. The average Bonchev–Trinajstić information content (AvgIpc) is 2.47. The predicted molar refractivity (Wildman–Crippen MR) is 88.6 cm³/mol. The summed E-state index contributed by atoms with van der Waals surface area (Å²) in [5.41, 5.74) is 3.32. The number of ether oxygens (including phenoxy) is 1. The molecule has 1 N–H and O–H groups in total. The Hall–Kier alpha value is -1.46. The van der Waals surface area contributed by atoms with E-state index < -0.39 is 0 Å². The number of hydrogen-bond donors (Lipinski definition) is 1. The molecular formula is C16H20BrN3O. The molecule has 1 aromatic heterocycles. The summed E-state index contributed by atoms with van der Waals surface area (Å²) in [6.45, 7) is 5.40. The fraction of sp³-hybridized carbons (Fsp3) is 0.375. The van der Waals surface area contributed by atoms with Gasteiger partial charge in [0.05, 0.1) is 16.8 Å². The molecule has 2 aromatic rings. The summed E-state index contributed by atoms with van der Waals surface area (Å²) in [6, 6.07) is 8.44. The molecule has 0 radical (unpaired) electrons. The number of aryl methyl sites for hydroxylation is 1. The van der Waals surface area contributed by atoms with Gasteiger partial charge in [0.25, 0.3) is 0 Å². The second kappa shape index (κ2) is 7.52. The van der Waals surface area contributed by atoms with Gasteiger partial charge in [0, 0.05) is 20.1 Å². The second-order valence-electron chi connectivity index (χ2n) is 4.87. The van der Waals surface area contributed by atoms with Crippen LogP contribution in [0.3, 0.4) is 0 Å². The number of nitrogens with one attached hydrogen (secondary N) is 1. The van der Waals surface area contributed by atoms with Crippen LogP contribution in [0.15, 0.2) is 28.7 Å². The van der Waals surface area contributed by atoms with Crippen LogP contribution in [0, 0.1) is 6.92 Å². The third-order valence-corrected chi connectivity index (χ3v) is 3.91. The average molecular weight is 350 g/mol. The van der Waals surface area contributed by atoms with Crippen LogP contribution in [0.4, 0.5) is 5.82 Å². The van der Waals surface area contributed by atoms with E-state index in [1.54, 1.807) is 7.11 Å². The molecule has 2 rings (SSSR count). The molecule has 21 heavy (non-hydrogen) atoms. The number of methoxy groups -OCH3 is 1. The Bertz CT molecular complexity index is 572. The highest BCUT2D eigenvalue weighted by Gasteiger charge is 2.12. The molecule has 0 spiro atoms. The first-order valence-electron chi connectivity index (χ1n) is 6.97. The third kappa shape index (κ3) is 4.25. The van der Waals surface area contributed by atoms with Gasteiger partial charge in [-0.15, -0.1) is 0 Å². The van der Waals surface area contributed by atoms with Crippen molar-refractivity contribution in [1.29, 1.82) is 0 Å². The fourth-order valence-electron chi connectivity index (χ4n) is 2.03. The van der Waals surface area contributed by atoms with Crippen LogP contribution < -0.4 is 5.32 Å². The lowest BCUT2D eigenvalue weighted by molar-refractivity contribution is 0.180. The second-order valence-corrected chi connectivity index (χ2v) is 5.67. The molecule has 112 valence electrons. The molecular weight excluding hydrogens is 330 g/mol. The first-order valence-corrected chi connectivity index (χ1v) is 7.77. The molecule has 0 unspecified atom stereocenters. The van der Waals surface area contributed by atoms with Gasteiger partial charge in [0.2, 0.25) is 0 Å². The first kappa shape index (κ1) is 15.9. The van der Waals surface area contributed by atoms with Gasteiger partial charge < -0.3 is 10.1 Å². The standard InChI is InChI=1S/C16H20BrN3O/c1-4-18-16-15(17)13(10-21-3)19-14(20-16)9-12-7-5-11(2)6-8-12/h5-8H,4,9-10H2,1-3H3,(H,18,19,20). The lowest BCUT2D eigenvalue weighted by Crippen LogP contribution is -2.09. The van der Waals surface area contributed by atoms with Crippen LogP contribution in [-0.2, 0) is 17.8 Å². The number of hydrogen-bond acceptors (Lipinski definition) is 4. The van der Waals surface area contributed by atoms with Crippen molar-refractivity contribution in [2.45, 2.75) is 26.9 Å².